The van der Waals surface area contributed by atoms with E-state index in [0.29, 0.717) is 5.71 Å². The molecule has 0 fully saturated rings. The second-order valence-corrected chi connectivity index (χ2v) is 2.66. The number of nitrogens with two attached hydrogens (primary N) is 1. The lowest BCUT2D eigenvalue weighted by molar-refractivity contribution is -0.757. The zero-order chi connectivity index (χ0) is 10.6. The first kappa shape index (κ1) is 10.2. The Balaban J connectivity index is 2.22. The standard InChI is InChI=1S/C6H9N3O5/c7-6(10)5-3-4(8-14-5)1-2-13-9(11)12/h5H,1-3H2,(H2,7,10). The molecular weight excluding hydrogens is 194 g/mol. The minimum atomic E-state index is -0.887. The number of amides is 1. The maximum atomic E-state index is 10.6. The molecule has 8 heteroatoms. The van der Waals surface area contributed by atoms with Crippen molar-refractivity contribution in [2.24, 2.45) is 10.9 Å². The first-order valence-corrected chi connectivity index (χ1v) is 3.88. The van der Waals surface area contributed by atoms with Gasteiger partial charge in [-0.25, -0.2) is 0 Å². The molecule has 1 rings (SSSR count). The molecule has 0 radical (unpaired) electrons. The van der Waals surface area contributed by atoms with Crippen LogP contribution < -0.4 is 5.73 Å². The summed E-state index contributed by atoms with van der Waals surface area (Å²) in [6, 6.07) is 0. The summed E-state index contributed by atoms with van der Waals surface area (Å²) in [5.41, 5.74) is 5.50. The molecule has 1 unspecified atom stereocenters. The number of hydrogen-bond donors (Lipinski definition) is 1. The van der Waals surface area contributed by atoms with Crippen LogP contribution in [0.2, 0.25) is 0 Å². The normalized spacial score (nSPS) is 19.7. The van der Waals surface area contributed by atoms with Crippen LogP contribution in [0.15, 0.2) is 5.16 Å². The Bertz CT molecular complexity index is 277. The summed E-state index contributed by atoms with van der Waals surface area (Å²) in [5, 5.41) is 12.4. The van der Waals surface area contributed by atoms with Gasteiger partial charge in [0.25, 0.3) is 11.0 Å². The molecule has 1 aliphatic rings. The summed E-state index contributed by atoms with van der Waals surface area (Å²) in [6.07, 6.45) is -0.221. The lowest BCUT2D eigenvalue weighted by atomic mass is 10.1. The van der Waals surface area contributed by atoms with E-state index in [1.807, 2.05) is 0 Å². The monoisotopic (exact) mass is 203 g/mol. The molecule has 1 amide bonds. The van der Waals surface area contributed by atoms with E-state index in [2.05, 4.69) is 14.8 Å². The van der Waals surface area contributed by atoms with Gasteiger partial charge in [-0.1, -0.05) is 5.16 Å². The molecule has 78 valence electrons. The highest BCUT2D eigenvalue weighted by Crippen LogP contribution is 2.12. The molecule has 2 N–H and O–H groups in total. The second-order valence-electron chi connectivity index (χ2n) is 2.66. The maximum Gasteiger partial charge on any atom is 0.294 e. The number of carbonyl (C=O) groups excluding carboxylic acids is 1. The quantitative estimate of drug-likeness (QED) is 0.464. The number of hydrogen-bond acceptors (Lipinski definition) is 6. The van der Waals surface area contributed by atoms with Gasteiger partial charge < -0.3 is 15.4 Å². The van der Waals surface area contributed by atoms with Crippen molar-refractivity contribution < 1.29 is 19.6 Å². The highest BCUT2D eigenvalue weighted by molar-refractivity contribution is 5.92. The number of rotatable bonds is 5. The van der Waals surface area contributed by atoms with Gasteiger partial charge in [0.05, 0.1) is 5.71 Å². The van der Waals surface area contributed by atoms with E-state index >= 15 is 0 Å². The first-order valence-electron chi connectivity index (χ1n) is 3.88. The van der Waals surface area contributed by atoms with Crippen molar-refractivity contribution in [3.8, 4) is 0 Å². The molecule has 1 heterocycles. The third kappa shape index (κ3) is 2.88. The van der Waals surface area contributed by atoms with E-state index < -0.39 is 17.1 Å². The van der Waals surface area contributed by atoms with Crippen LogP contribution in [0.4, 0.5) is 0 Å². The van der Waals surface area contributed by atoms with Crippen LogP contribution in [0.5, 0.6) is 0 Å². The third-order valence-electron chi connectivity index (χ3n) is 1.63. The van der Waals surface area contributed by atoms with Crippen molar-refractivity contribution in [1.82, 2.24) is 0 Å². The van der Waals surface area contributed by atoms with Crippen LogP contribution in [-0.4, -0.2) is 29.4 Å². The fraction of sp³-hybridized carbons (Fsp3) is 0.667. The van der Waals surface area contributed by atoms with Gasteiger partial charge in [0, 0.05) is 12.8 Å². The summed E-state index contributed by atoms with van der Waals surface area (Å²) in [4.78, 5) is 29.1. The number of oxime groups is 1. The van der Waals surface area contributed by atoms with Gasteiger partial charge in [-0.05, 0) is 0 Å². The van der Waals surface area contributed by atoms with Gasteiger partial charge in [-0.2, -0.15) is 0 Å². The second kappa shape index (κ2) is 4.40. The average molecular weight is 203 g/mol. The van der Waals surface area contributed by atoms with Gasteiger partial charge in [-0.15, -0.1) is 10.1 Å². The van der Waals surface area contributed by atoms with E-state index in [4.69, 9.17) is 5.73 Å². The Morgan fingerprint density at radius 3 is 3.07 bits per heavy atom. The van der Waals surface area contributed by atoms with Crippen molar-refractivity contribution >= 4 is 11.6 Å². The van der Waals surface area contributed by atoms with Crippen LogP contribution in [0.3, 0.4) is 0 Å². The number of nitrogens with zero attached hydrogens (tertiary/aromatic N) is 2. The van der Waals surface area contributed by atoms with Crippen LogP contribution in [0, 0.1) is 10.1 Å². The fourth-order valence-corrected chi connectivity index (χ4v) is 0.965. The molecule has 0 aromatic carbocycles. The van der Waals surface area contributed by atoms with Crippen molar-refractivity contribution in [1.29, 1.82) is 0 Å². The Morgan fingerprint density at radius 2 is 2.57 bits per heavy atom. The average Bonchev–Trinajstić information content (AvgIpc) is 2.52. The molecule has 8 nitrogen and oxygen atoms in total. The molecular formula is C6H9N3O5. The smallest absolute Gasteiger partial charge is 0.294 e. The van der Waals surface area contributed by atoms with Gasteiger partial charge in [0.15, 0.2) is 0 Å². The fourth-order valence-electron chi connectivity index (χ4n) is 0.965. The predicted octanol–water partition coefficient (Wildman–Crippen LogP) is -0.785. The van der Waals surface area contributed by atoms with E-state index in [1.165, 1.54) is 0 Å². The zero-order valence-corrected chi connectivity index (χ0v) is 7.21. The van der Waals surface area contributed by atoms with Crippen molar-refractivity contribution in [3.63, 3.8) is 0 Å². The largest absolute Gasteiger partial charge is 0.382 e. The molecule has 1 atom stereocenters. The Morgan fingerprint density at radius 1 is 1.86 bits per heavy atom. The van der Waals surface area contributed by atoms with Gasteiger partial charge >= 0.3 is 0 Å². The van der Waals surface area contributed by atoms with Crippen LogP contribution in [0.1, 0.15) is 12.8 Å². The predicted molar refractivity (Wildman–Crippen MR) is 43.7 cm³/mol. The summed E-state index contributed by atoms with van der Waals surface area (Å²) in [6.45, 7) is -0.0966. The highest BCUT2D eigenvalue weighted by atomic mass is 16.9. The molecule has 0 saturated heterocycles. The molecule has 0 aromatic rings. The minimum absolute atomic E-state index is 0.0966. The van der Waals surface area contributed by atoms with Crippen LogP contribution >= 0.6 is 0 Å². The molecule has 1 aliphatic heterocycles. The van der Waals surface area contributed by atoms with Gasteiger partial charge in [0.1, 0.15) is 6.61 Å². The summed E-state index contributed by atoms with van der Waals surface area (Å²) in [7, 11) is 0. The molecule has 14 heavy (non-hydrogen) atoms. The summed E-state index contributed by atoms with van der Waals surface area (Å²) in [5.74, 6) is -0.598. The topological polar surface area (TPSA) is 117 Å². The highest BCUT2D eigenvalue weighted by Gasteiger charge is 2.25. The SMILES string of the molecule is NC(=O)C1CC(CCO[N+](=O)[O-])=NO1. The van der Waals surface area contributed by atoms with Crippen molar-refractivity contribution in [3.05, 3.63) is 10.1 Å². The maximum absolute atomic E-state index is 10.6. The lowest BCUT2D eigenvalue weighted by Crippen LogP contribution is -2.28. The molecule has 0 saturated carbocycles. The van der Waals surface area contributed by atoms with E-state index in [9.17, 15) is 14.9 Å². The van der Waals surface area contributed by atoms with Crippen molar-refractivity contribution in [2.45, 2.75) is 18.9 Å². The summed E-state index contributed by atoms with van der Waals surface area (Å²) >= 11 is 0. The number of carbonyl (C=O) groups is 1. The third-order valence-corrected chi connectivity index (χ3v) is 1.63. The molecule has 0 bridgehead atoms. The number of primary amides is 1. The molecule has 0 aliphatic carbocycles. The van der Waals surface area contributed by atoms with Crippen LogP contribution in [-0.2, 0) is 14.5 Å². The van der Waals surface area contributed by atoms with Crippen LogP contribution in [0.25, 0.3) is 0 Å². The Labute approximate surface area is 78.7 Å². The van der Waals surface area contributed by atoms with E-state index in [-0.39, 0.29) is 19.4 Å². The zero-order valence-electron chi connectivity index (χ0n) is 7.21. The lowest BCUT2D eigenvalue weighted by Gasteiger charge is -2.00. The molecule has 0 aromatic heterocycles. The van der Waals surface area contributed by atoms with Crippen molar-refractivity contribution in [2.75, 3.05) is 6.61 Å². The van der Waals surface area contributed by atoms with Gasteiger partial charge in [0.2, 0.25) is 6.10 Å². The minimum Gasteiger partial charge on any atom is -0.382 e. The Kier molecular flexibility index (Phi) is 3.21. The Hall–Kier alpha value is -1.86. The summed E-state index contributed by atoms with van der Waals surface area (Å²) < 4.78 is 0. The van der Waals surface area contributed by atoms with Gasteiger partial charge in [-0.3, -0.25) is 4.79 Å². The first-order chi connectivity index (χ1) is 6.59. The van der Waals surface area contributed by atoms with E-state index in [0.717, 1.165) is 0 Å². The van der Waals surface area contributed by atoms with E-state index in [1.54, 1.807) is 0 Å². The molecule has 0 spiro atoms.